The van der Waals surface area contributed by atoms with Gasteiger partial charge in [-0.15, -0.1) is 0 Å². The van der Waals surface area contributed by atoms with Gasteiger partial charge in [-0.2, -0.15) is 0 Å². The summed E-state index contributed by atoms with van der Waals surface area (Å²) in [6, 6.07) is 0.697. The Morgan fingerprint density at radius 2 is 2.00 bits per heavy atom. The smallest absolute Gasteiger partial charge is 0.0431 e. The first-order valence-corrected chi connectivity index (χ1v) is 6.88. The van der Waals surface area contributed by atoms with Crippen molar-refractivity contribution in [2.75, 3.05) is 26.2 Å². The van der Waals surface area contributed by atoms with Gasteiger partial charge in [-0.05, 0) is 51.2 Å². The van der Waals surface area contributed by atoms with Gasteiger partial charge < -0.3 is 15.7 Å². The van der Waals surface area contributed by atoms with Crippen molar-refractivity contribution >= 4 is 0 Å². The second-order valence-electron chi connectivity index (χ2n) is 4.91. The molecule has 0 spiro atoms. The molecule has 3 N–H and O–H groups in total. The highest BCUT2D eigenvalue weighted by atomic mass is 16.2. The molecule has 2 unspecified atom stereocenters. The monoisotopic (exact) mass is 228 g/mol. The highest BCUT2D eigenvalue weighted by Gasteiger charge is 2.27. The van der Waals surface area contributed by atoms with E-state index in [2.05, 4.69) is 11.8 Å². The molecule has 0 bridgehead atoms. The molecule has 1 fully saturated rings. The third kappa shape index (κ3) is 4.04. The number of hydrogen-bond donors (Lipinski definition) is 2. The number of hydrogen-bond acceptors (Lipinski definition) is 3. The van der Waals surface area contributed by atoms with Crippen LogP contribution in [0.5, 0.6) is 0 Å². The van der Waals surface area contributed by atoms with E-state index in [1.54, 1.807) is 0 Å². The fraction of sp³-hybridized carbons (Fsp3) is 1.00. The van der Waals surface area contributed by atoms with Crippen LogP contribution in [0.4, 0.5) is 0 Å². The highest BCUT2D eigenvalue weighted by molar-refractivity contribution is 4.83. The Kier molecular flexibility index (Phi) is 7.01. The lowest BCUT2D eigenvalue weighted by Gasteiger charge is -2.39. The van der Waals surface area contributed by atoms with Crippen LogP contribution in [0.15, 0.2) is 0 Å². The molecule has 1 saturated carbocycles. The molecule has 0 aromatic heterocycles. The fourth-order valence-corrected chi connectivity index (χ4v) is 2.93. The fourth-order valence-electron chi connectivity index (χ4n) is 2.93. The van der Waals surface area contributed by atoms with Crippen molar-refractivity contribution in [3.05, 3.63) is 0 Å². The zero-order chi connectivity index (χ0) is 11.8. The molecule has 0 radical (unpaired) electrons. The number of rotatable bonds is 7. The zero-order valence-corrected chi connectivity index (χ0v) is 10.7. The Morgan fingerprint density at radius 1 is 1.25 bits per heavy atom. The maximum atomic E-state index is 8.82. The summed E-state index contributed by atoms with van der Waals surface area (Å²) in [4.78, 5) is 2.58. The van der Waals surface area contributed by atoms with Crippen LogP contribution in [0.2, 0.25) is 0 Å². The summed E-state index contributed by atoms with van der Waals surface area (Å²) >= 11 is 0. The quantitative estimate of drug-likeness (QED) is 0.651. The van der Waals surface area contributed by atoms with Crippen molar-refractivity contribution in [3.63, 3.8) is 0 Å². The van der Waals surface area contributed by atoms with Gasteiger partial charge >= 0.3 is 0 Å². The molecule has 2 atom stereocenters. The van der Waals surface area contributed by atoms with Gasteiger partial charge in [0.1, 0.15) is 0 Å². The van der Waals surface area contributed by atoms with Crippen molar-refractivity contribution in [1.29, 1.82) is 0 Å². The maximum absolute atomic E-state index is 8.82. The lowest BCUT2D eigenvalue weighted by atomic mass is 9.83. The summed E-state index contributed by atoms with van der Waals surface area (Å²) in [5.41, 5.74) is 5.87. The predicted molar refractivity (Wildman–Crippen MR) is 68.4 cm³/mol. The number of aliphatic hydroxyl groups excluding tert-OH is 1. The van der Waals surface area contributed by atoms with Crippen LogP contribution in [0.25, 0.3) is 0 Å². The second kappa shape index (κ2) is 8.04. The highest BCUT2D eigenvalue weighted by Crippen LogP contribution is 2.27. The van der Waals surface area contributed by atoms with E-state index in [-0.39, 0.29) is 0 Å². The topological polar surface area (TPSA) is 49.5 Å². The Balaban J connectivity index is 2.41. The van der Waals surface area contributed by atoms with Gasteiger partial charge in [0.25, 0.3) is 0 Å². The van der Waals surface area contributed by atoms with Crippen molar-refractivity contribution in [1.82, 2.24) is 4.90 Å². The van der Waals surface area contributed by atoms with Crippen molar-refractivity contribution in [2.45, 2.75) is 51.5 Å². The van der Waals surface area contributed by atoms with E-state index in [9.17, 15) is 0 Å². The van der Waals surface area contributed by atoms with Crippen LogP contribution in [0.1, 0.15) is 45.4 Å². The first-order chi connectivity index (χ1) is 7.83. The first-order valence-electron chi connectivity index (χ1n) is 6.88. The molecule has 3 heteroatoms. The van der Waals surface area contributed by atoms with Crippen LogP contribution in [-0.2, 0) is 0 Å². The maximum Gasteiger partial charge on any atom is 0.0431 e. The van der Waals surface area contributed by atoms with Gasteiger partial charge in [-0.25, -0.2) is 0 Å². The van der Waals surface area contributed by atoms with E-state index in [0.717, 1.165) is 32.5 Å². The first kappa shape index (κ1) is 13.9. The van der Waals surface area contributed by atoms with Gasteiger partial charge in [0.05, 0.1) is 0 Å². The van der Waals surface area contributed by atoms with Gasteiger partial charge in [0, 0.05) is 12.6 Å². The summed E-state index contributed by atoms with van der Waals surface area (Å²) in [5.74, 6) is 0.697. The van der Waals surface area contributed by atoms with Gasteiger partial charge in [0.2, 0.25) is 0 Å². The van der Waals surface area contributed by atoms with Crippen molar-refractivity contribution in [2.24, 2.45) is 11.7 Å². The van der Waals surface area contributed by atoms with Crippen LogP contribution in [0, 0.1) is 5.92 Å². The number of nitrogens with zero attached hydrogens (tertiary/aromatic N) is 1. The van der Waals surface area contributed by atoms with Crippen LogP contribution >= 0.6 is 0 Å². The van der Waals surface area contributed by atoms with E-state index in [1.807, 2.05) is 0 Å². The Bertz CT molecular complexity index is 175. The van der Waals surface area contributed by atoms with Crippen LogP contribution < -0.4 is 5.73 Å². The summed E-state index contributed by atoms with van der Waals surface area (Å²) in [6.45, 7) is 5.63. The van der Waals surface area contributed by atoms with E-state index >= 15 is 0 Å². The summed E-state index contributed by atoms with van der Waals surface area (Å²) in [5, 5.41) is 8.82. The average molecular weight is 228 g/mol. The second-order valence-corrected chi connectivity index (χ2v) is 4.91. The van der Waals surface area contributed by atoms with Gasteiger partial charge in [-0.1, -0.05) is 19.8 Å². The molecule has 0 aromatic rings. The summed E-state index contributed by atoms with van der Waals surface area (Å²) in [7, 11) is 0. The predicted octanol–water partition coefficient (Wildman–Crippen LogP) is 1.60. The lowest BCUT2D eigenvalue weighted by molar-refractivity contribution is 0.108. The average Bonchev–Trinajstić information content (AvgIpc) is 2.35. The lowest BCUT2D eigenvalue weighted by Crippen LogP contribution is -2.45. The molecule has 0 amide bonds. The Labute approximate surface area is 100 Å². The number of nitrogens with two attached hydrogens (primary N) is 1. The van der Waals surface area contributed by atoms with E-state index in [4.69, 9.17) is 10.8 Å². The molecule has 0 heterocycles. The zero-order valence-electron chi connectivity index (χ0n) is 10.7. The molecule has 0 aromatic carbocycles. The van der Waals surface area contributed by atoms with Crippen LogP contribution in [-0.4, -0.2) is 42.3 Å². The SMILES string of the molecule is CCN(CCCCO)C1CCCCC1CN. The summed E-state index contributed by atoms with van der Waals surface area (Å²) < 4.78 is 0. The Morgan fingerprint density at radius 3 is 2.62 bits per heavy atom. The number of unbranched alkanes of at least 4 members (excludes halogenated alkanes) is 1. The molecule has 1 rings (SSSR count). The third-order valence-corrected chi connectivity index (χ3v) is 3.90. The van der Waals surface area contributed by atoms with Gasteiger partial charge in [0.15, 0.2) is 0 Å². The molecule has 96 valence electrons. The van der Waals surface area contributed by atoms with Crippen LogP contribution in [0.3, 0.4) is 0 Å². The van der Waals surface area contributed by atoms with Gasteiger partial charge in [-0.3, -0.25) is 0 Å². The number of aliphatic hydroxyl groups is 1. The minimum Gasteiger partial charge on any atom is -0.396 e. The molecule has 16 heavy (non-hydrogen) atoms. The molecule has 3 nitrogen and oxygen atoms in total. The summed E-state index contributed by atoms with van der Waals surface area (Å²) in [6.07, 6.45) is 7.37. The minimum absolute atomic E-state index is 0.322. The molecule has 1 aliphatic carbocycles. The molecule has 0 aliphatic heterocycles. The van der Waals surface area contributed by atoms with E-state index in [0.29, 0.717) is 18.6 Å². The van der Waals surface area contributed by atoms with Crippen molar-refractivity contribution < 1.29 is 5.11 Å². The molecule has 0 saturated heterocycles. The molecular weight excluding hydrogens is 200 g/mol. The largest absolute Gasteiger partial charge is 0.396 e. The standard InChI is InChI=1S/C13H28N2O/c1-2-15(9-5-6-10-16)13-8-4-3-7-12(13)11-14/h12-13,16H,2-11,14H2,1H3. The Hall–Kier alpha value is -0.120. The van der Waals surface area contributed by atoms with Crippen molar-refractivity contribution in [3.8, 4) is 0 Å². The third-order valence-electron chi connectivity index (χ3n) is 3.90. The minimum atomic E-state index is 0.322. The molecular formula is C13H28N2O. The van der Waals surface area contributed by atoms with E-state index in [1.165, 1.54) is 25.7 Å². The van der Waals surface area contributed by atoms with E-state index < -0.39 is 0 Å². The molecule has 1 aliphatic rings. The normalized spacial score (nSPS) is 26.2.